The van der Waals surface area contributed by atoms with Crippen molar-refractivity contribution < 1.29 is 13.6 Å². The maximum atomic E-state index is 12.0. The minimum atomic E-state index is -3.15. The van der Waals surface area contributed by atoms with Crippen LogP contribution in [0.2, 0.25) is 0 Å². The van der Waals surface area contributed by atoms with E-state index in [-0.39, 0.29) is 0 Å². The van der Waals surface area contributed by atoms with Crippen LogP contribution in [0.15, 0.2) is 0 Å². The van der Waals surface area contributed by atoms with Crippen molar-refractivity contribution in [3.63, 3.8) is 0 Å². The van der Waals surface area contributed by atoms with Gasteiger partial charge < -0.3 is 0 Å². The summed E-state index contributed by atoms with van der Waals surface area (Å²) in [5.41, 5.74) is 2.66. The molecule has 0 spiro atoms. The summed E-state index contributed by atoms with van der Waals surface area (Å²) in [5, 5.41) is 0. The van der Waals surface area contributed by atoms with E-state index in [1.807, 2.05) is 0 Å². The predicted molar refractivity (Wildman–Crippen MR) is 76.6 cm³/mol. The topological polar surface area (TPSA) is 35.5 Å². The summed E-state index contributed by atoms with van der Waals surface area (Å²) in [6.07, 6.45) is 8.19. The molecule has 0 N–H and O–H groups in total. The summed E-state index contributed by atoms with van der Waals surface area (Å²) in [6, 6.07) is 0. The fourth-order valence-electron chi connectivity index (χ4n) is 1.59. The maximum absolute atomic E-state index is 12.0. The lowest BCUT2D eigenvalue weighted by molar-refractivity contribution is 0.230. The molecule has 0 unspecified atom stereocenters. The fraction of sp³-hybridized carbons (Fsp3) is 0.857. The van der Waals surface area contributed by atoms with Crippen LogP contribution in [0, 0.1) is 11.6 Å². The van der Waals surface area contributed by atoms with Gasteiger partial charge in [0.25, 0.3) is 0 Å². The molecule has 0 aliphatic rings. The highest BCUT2D eigenvalue weighted by Gasteiger charge is 2.19. The number of unbranched alkanes of at least 4 members (excludes halogenated alkanes) is 6. The first-order valence-corrected chi connectivity index (χ1v) is 8.62. The van der Waals surface area contributed by atoms with Crippen LogP contribution in [0.25, 0.3) is 0 Å². The van der Waals surface area contributed by atoms with E-state index in [9.17, 15) is 4.57 Å². The van der Waals surface area contributed by atoms with Crippen LogP contribution >= 0.6 is 7.60 Å². The molecule has 0 saturated carbocycles. The average Bonchev–Trinajstić information content (AvgIpc) is 2.33. The average molecular weight is 274 g/mol. The lowest BCUT2D eigenvalue weighted by Crippen LogP contribution is -1.93. The van der Waals surface area contributed by atoms with Crippen LogP contribution in [0.3, 0.4) is 0 Å². The van der Waals surface area contributed by atoms with E-state index in [2.05, 4.69) is 18.5 Å². The van der Waals surface area contributed by atoms with E-state index >= 15 is 0 Å². The molecule has 0 saturated heterocycles. The Balaban J connectivity index is 3.81. The molecule has 0 aromatic rings. The third-order valence-electron chi connectivity index (χ3n) is 2.47. The van der Waals surface area contributed by atoms with Crippen LogP contribution in [0.1, 0.15) is 65.7 Å². The second kappa shape index (κ2) is 11.8. The van der Waals surface area contributed by atoms with Crippen LogP contribution in [-0.4, -0.2) is 13.2 Å². The molecule has 0 aromatic carbocycles. The monoisotopic (exact) mass is 274 g/mol. The van der Waals surface area contributed by atoms with E-state index in [0.29, 0.717) is 13.2 Å². The van der Waals surface area contributed by atoms with E-state index in [0.717, 1.165) is 12.8 Å². The Morgan fingerprint density at radius 1 is 0.889 bits per heavy atom. The fourth-order valence-corrected chi connectivity index (χ4v) is 2.78. The Morgan fingerprint density at radius 2 is 1.44 bits per heavy atom. The molecule has 3 nitrogen and oxygen atoms in total. The molecule has 0 aliphatic carbocycles. The molecular formula is C14H27O3P. The molecule has 0 rings (SSSR count). The van der Waals surface area contributed by atoms with Crippen molar-refractivity contribution in [1.82, 2.24) is 0 Å². The van der Waals surface area contributed by atoms with Gasteiger partial charge in [-0.15, -0.1) is 0 Å². The van der Waals surface area contributed by atoms with Gasteiger partial charge in [-0.3, -0.25) is 9.05 Å². The Bertz CT molecular complexity index is 281. The zero-order chi connectivity index (χ0) is 13.7. The molecular weight excluding hydrogens is 247 g/mol. The van der Waals surface area contributed by atoms with Crippen LogP contribution < -0.4 is 0 Å². The van der Waals surface area contributed by atoms with Crippen molar-refractivity contribution in [2.45, 2.75) is 65.7 Å². The Kier molecular flexibility index (Phi) is 11.6. The summed E-state index contributed by atoms with van der Waals surface area (Å²) in [7, 11) is -3.15. The maximum Gasteiger partial charge on any atom is 0.405 e. The van der Waals surface area contributed by atoms with Crippen LogP contribution in [-0.2, 0) is 13.6 Å². The van der Waals surface area contributed by atoms with Crippen molar-refractivity contribution in [3.05, 3.63) is 0 Å². The Hall–Kier alpha value is -0.290. The molecule has 0 amide bonds. The van der Waals surface area contributed by atoms with Crippen LogP contribution in [0.5, 0.6) is 0 Å². The minimum Gasteiger partial charge on any atom is -0.300 e. The first-order chi connectivity index (χ1) is 8.68. The number of rotatable bonds is 10. The van der Waals surface area contributed by atoms with E-state index in [4.69, 9.17) is 9.05 Å². The van der Waals surface area contributed by atoms with Gasteiger partial charge in [0.15, 0.2) is 0 Å². The SMILES string of the molecule is CCCCCCCCC#CP(=O)(OCC)OCC. The van der Waals surface area contributed by atoms with Crippen molar-refractivity contribution in [2.24, 2.45) is 0 Å². The Morgan fingerprint density at radius 3 is 2.00 bits per heavy atom. The molecule has 0 aliphatic heterocycles. The van der Waals surface area contributed by atoms with Gasteiger partial charge in [-0.2, -0.15) is 0 Å². The highest BCUT2D eigenvalue weighted by molar-refractivity contribution is 7.59. The minimum absolute atomic E-state index is 0.364. The smallest absolute Gasteiger partial charge is 0.300 e. The summed E-state index contributed by atoms with van der Waals surface area (Å²) in [5.74, 6) is 2.92. The predicted octanol–water partition coefficient (Wildman–Crippen LogP) is 4.96. The molecule has 106 valence electrons. The zero-order valence-corrected chi connectivity index (χ0v) is 12.9. The summed E-state index contributed by atoms with van der Waals surface area (Å²) in [6.45, 7) is 6.53. The van der Waals surface area contributed by atoms with Crippen molar-refractivity contribution in [1.29, 1.82) is 0 Å². The molecule has 0 heterocycles. The van der Waals surface area contributed by atoms with Crippen molar-refractivity contribution in [2.75, 3.05) is 13.2 Å². The van der Waals surface area contributed by atoms with Crippen molar-refractivity contribution >= 4 is 7.60 Å². The van der Waals surface area contributed by atoms with Gasteiger partial charge in [0.1, 0.15) is 0 Å². The number of hydrogen-bond donors (Lipinski definition) is 0. The van der Waals surface area contributed by atoms with Gasteiger partial charge in [0.05, 0.1) is 13.2 Å². The quantitative estimate of drug-likeness (QED) is 0.321. The lowest BCUT2D eigenvalue weighted by atomic mass is 10.1. The third kappa shape index (κ3) is 9.71. The molecule has 0 bridgehead atoms. The van der Waals surface area contributed by atoms with Gasteiger partial charge in [-0.25, -0.2) is 4.57 Å². The zero-order valence-electron chi connectivity index (χ0n) is 12.0. The second-order valence-corrected chi connectivity index (χ2v) is 5.87. The third-order valence-corrected chi connectivity index (χ3v) is 4.10. The Labute approximate surface area is 112 Å². The van der Waals surface area contributed by atoms with E-state index in [1.54, 1.807) is 13.8 Å². The van der Waals surface area contributed by atoms with E-state index in [1.165, 1.54) is 32.1 Å². The van der Waals surface area contributed by atoms with Gasteiger partial charge in [0, 0.05) is 12.1 Å². The number of hydrogen-bond acceptors (Lipinski definition) is 3. The van der Waals surface area contributed by atoms with Gasteiger partial charge in [-0.1, -0.05) is 44.9 Å². The standard InChI is InChI=1S/C14H27O3P/c1-4-7-8-9-10-11-12-13-14-18(15,16-5-2)17-6-3/h4-12H2,1-3H3. The first-order valence-electron chi connectivity index (χ1n) is 7.07. The lowest BCUT2D eigenvalue weighted by Gasteiger charge is -2.09. The molecule has 18 heavy (non-hydrogen) atoms. The summed E-state index contributed by atoms with van der Waals surface area (Å²) >= 11 is 0. The molecule has 4 heteroatoms. The van der Waals surface area contributed by atoms with Gasteiger partial charge in [-0.05, 0) is 20.3 Å². The molecule has 0 aromatic heterocycles. The highest BCUT2D eigenvalue weighted by atomic mass is 31.2. The molecule has 0 fully saturated rings. The highest BCUT2D eigenvalue weighted by Crippen LogP contribution is 2.46. The molecule has 0 atom stereocenters. The van der Waals surface area contributed by atoms with Crippen molar-refractivity contribution in [3.8, 4) is 11.6 Å². The van der Waals surface area contributed by atoms with Gasteiger partial charge in [0.2, 0.25) is 0 Å². The first kappa shape index (κ1) is 17.7. The van der Waals surface area contributed by atoms with Crippen LogP contribution in [0.4, 0.5) is 0 Å². The normalized spacial score (nSPS) is 11.1. The molecule has 0 radical (unpaired) electrons. The second-order valence-electron chi connectivity index (χ2n) is 4.14. The largest absolute Gasteiger partial charge is 0.405 e. The summed E-state index contributed by atoms with van der Waals surface area (Å²) in [4.78, 5) is 0. The summed E-state index contributed by atoms with van der Waals surface area (Å²) < 4.78 is 22.1. The van der Waals surface area contributed by atoms with Gasteiger partial charge >= 0.3 is 7.60 Å². The van der Waals surface area contributed by atoms with E-state index < -0.39 is 7.60 Å².